The summed E-state index contributed by atoms with van der Waals surface area (Å²) >= 11 is 5.98. The number of hydrogen-bond acceptors (Lipinski definition) is 4. The lowest BCUT2D eigenvalue weighted by Crippen LogP contribution is -2.42. The second kappa shape index (κ2) is 8.43. The third kappa shape index (κ3) is 5.64. The molecule has 0 saturated heterocycles. The molecule has 1 heterocycles. The van der Waals surface area contributed by atoms with Crippen LogP contribution < -0.4 is 10.6 Å². The number of halogens is 1. The molecular formula is C21H27ClN2O4. The molecule has 152 valence electrons. The van der Waals surface area contributed by atoms with Gasteiger partial charge in [0, 0.05) is 22.0 Å². The standard InChI is InChI=1S/C21H27ClN2O4/c1-21(2,3)24-20(26)27-12-13-4-7-16(8-5-13)23-19(25)18-11-14-10-15(22)6-9-17(14)28-18/h6,9-11,13,16H,4-5,7-8,12H2,1-3H3,(H,23,25)(H,24,26). The van der Waals surface area contributed by atoms with Crippen LogP contribution in [-0.4, -0.2) is 30.2 Å². The second-order valence-corrected chi connectivity index (χ2v) is 8.89. The molecule has 1 aromatic heterocycles. The van der Waals surface area contributed by atoms with Crippen molar-refractivity contribution in [3.05, 3.63) is 35.0 Å². The SMILES string of the molecule is CC(C)(C)NC(=O)OCC1CCC(NC(=O)c2cc3cc(Cl)ccc3o2)CC1. The Morgan fingerprint density at radius 2 is 1.89 bits per heavy atom. The van der Waals surface area contributed by atoms with Crippen LogP contribution in [0.3, 0.4) is 0 Å². The fourth-order valence-electron chi connectivity index (χ4n) is 3.39. The molecule has 1 saturated carbocycles. The molecule has 0 bridgehead atoms. The Kier molecular flexibility index (Phi) is 6.18. The van der Waals surface area contributed by atoms with E-state index in [0.717, 1.165) is 31.1 Å². The van der Waals surface area contributed by atoms with Crippen molar-refractivity contribution in [2.45, 2.75) is 58.0 Å². The van der Waals surface area contributed by atoms with Gasteiger partial charge in [0.1, 0.15) is 5.58 Å². The van der Waals surface area contributed by atoms with Gasteiger partial charge in [0.2, 0.25) is 0 Å². The van der Waals surface area contributed by atoms with Crippen LogP contribution in [0.25, 0.3) is 11.0 Å². The zero-order valence-electron chi connectivity index (χ0n) is 16.5. The zero-order chi connectivity index (χ0) is 20.3. The highest BCUT2D eigenvalue weighted by molar-refractivity contribution is 6.31. The van der Waals surface area contributed by atoms with E-state index in [9.17, 15) is 9.59 Å². The predicted octanol–water partition coefficient (Wildman–Crippen LogP) is 4.90. The summed E-state index contributed by atoms with van der Waals surface area (Å²) in [5.41, 5.74) is 0.338. The number of furan rings is 1. The van der Waals surface area contributed by atoms with Crippen molar-refractivity contribution in [3.63, 3.8) is 0 Å². The fourth-order valence-corrected chi connectivity index (χ4v) is 3.57. The Hall–Kier alpha value is -2.21. The van der Waals surface area contributed by atoms with Crippen LogP contribution in [0.1, 0.15) is 57.0 Å². The van der Waals surface area contributed by atoms with E-state index in [1.165, 1.54) is 0 Å². The maximum Gasteiger partial charge on any atom is 0.407 e. The second-order valence-electron chi connectivity index (χ2n) is 8.46. The highest BCUT2D eigenvalue weighted by Crippen LogP contribution is 2.26. The smallest absolute Gasteiger partial charge is 0.407 e. The third-order valence-corrected chi connectivity index (χ3v) is 5.05. The molecule has 1 aliphatic rings. The van der Waals surface area contributed by atoms with Crippen LogP contribution in [0.4, 0.5) is 4.79 Å². The van der Waals surface area contributed by atoms with E-state index in [1.807, 2.05) is 20.8 Å². The van der Waals surface area contributed by atoms with Gasteiger partial charge in [0.05, 0.1) is 6.61 Å². The number of alkyl carbamates (subject to hydrolysis) is 1. The molecule has 2 amide bonds. The van der Waals surface area contributed by atoms with Gasteiger partial charge in [-0.05, 0) is 76.6 Å². The number of ether oxygens (including phenoxy) is 1. The Balaban J connectivity index is 1.44. The zero-order valence-corrected chi connectivity index (χ0v) is 17.3. The molecule has 0 radical (unpaired) electrons. The highest BCUT2D eigenvalue weighted by Gasteiger charge is 2.25. The number of hydrogen-bond donors (Lipinski definition) is 2. The van der Waals surface area contributed by atoms with Crippen molar-refractivity contribution in [1.82, 2.24) is 10.6 Å². The van der Waals surface area contributed by atoms with Gasteiger partial charge in [0.15, 0.2) is 5.76 Å². The molecule has 0 atom stereocenters. The summed E-state index contributed by atoms with van der Waals surface area (Å²) in [6.07, 6.45) is 3.14. The van der Waals surface area contributed by atoms with E-state index in [1.54, 1.807) is 24.3 Å². The number of nitrogens with one attached hydrogen (secondary N) is 2. The van der Waals surface area contributed by atoms with Crippen molar-refractivity contribution in [2.24, 2.45) is 5.92 Å². The minimum atomic E-state index is -0.382. The molecule has 2 aromatic rings. The maximum absolute atomic E-state index is 12.5. The lowest BCUT2D eigenvalue weighted by molar-refractivity contribution is 0.0872. The third-order valence-electron chi connectivity index (χ3n) is 4.81. The molecule has 1 fully saturated rings. The van der Waals surface area contributed by atoms with Crippen molar-refractivity contribution >= 4 is 34.6 Å². The number of amides is 2. The minimum Gasteiger partial charge on any atom is -0.451 e. The van der Waals surface area contributed by atoms with Gasteiger partial charge >= 0.3 is 6.09 Å². The molecule has 3 rings (SSSR count). The lowest BCUT2D eigenvalue weighted by atomic mass is 9.86. The Bertz CT molecular complexity index is 848. The number of carbonyl (C=O) groups is 2. The molecule has 28 heavy (non-hydrogen) atoms. The van der Waals surface area contributed by atoms with Crippen molar-refractivity contribution < 1.29 is 18.7 Å². The van der Waals surface area contributed by atoms with Crippen molar-refractivity contribution in [2.75, 3.05) is 6.61 Å². The van der Waals surface area contributed by atoms with Crippen molar-refractivity contribution in [1.29, 1.82) is 0 Å². The summed E-state index contributed by atoms with van der Waals surface area (Å²) in [6.45, 7) is 6.16. The largest absolute Gasteiger partial charge is 0.451 e. The first-order valence-electron chi connectivity index (χ1n) is 9.64. The summed E-state index contributed by atoms with van der Waals surface area (Å²) < 4.78 is 10.9. The average Bonchev–Trinajstić information content (AvgIpc) is 3.03. The van der Waals surface area contributed by atoms with E-state index in [0.29, 0.717) is 28.9 Å². The van der Waals surface area contributed by atoms with Gasteiger partial charge in [-0.2, -0.15) is 0 Å². The molecule has 1 aromatic carbocycles. The number of rotatable bonds is 4. The quantitative estimate of drug-likeness (QED) is 0.756. The molecule has 0 unspecified atom stereocenters. The normalized spacial score (nSPS) is 20.0. The predicted molar refractivity (Wildman–Crippen MR) is 109 cm³/mol. The van der Waals surface area contributed by atoms with E-state index in [4.69, 9.17) is 20.8 Å². The van der Waals surface area contributed by atoms with Crippen LogP contribution in [0.15, 0.2) is 28.7 Å². The van der Waals surface area contributed by atoms with Crippen LogP contribution in [0.5, 0.6) is 0 Å². The maximum atomic E-state index is 12.5. The van der Waals surface area contributed by atoms with E-state index < -0.39 is 0 Å². The summed E-state index contributed by atoms with van der Waals surface area (Å²) in [5, 5.41) is 7.25. The molecule has 1 aliphatic carbocycles. The summed E-state index contributed by atoms with van der Waals surface area (Å²) in [4.78, 5) is 24.2. The summed E-state index contributed by atoms with van der Waals surface area (Å²) in [6, 6.07) is 7.08. The summed E-state index contributed by atoms with van der Waals surface area (Å²) in [7, 11) is 0. The summed E-state index contributed by atoms with van der Waals surface area (Å²) in [5.74, 6) is 0.408. The van der Waals surface area contributed by atoms with E-state index in [-0.39, 0.29) is 23.6 Å². The first-order chi connectivity index (χ1) is 13.2. The molecule has 7 heteroatoms. The van der Waals surface area contributed by atoms with Crippen LogP contribution in [-0.2, 0) is 4.74 Å². The lowest BCUT2D eigenvalue weighted by Gasteiger charge is -2.29. The fraction of sp³-hybridized carbons (Fsp3) is 0.524. The van der Waals surface area contributed by atoms with Gasteiger partial charge in [-0.15, -0.1) is 0 Å². The number of fused-ring (bicyclic) bond motifs is 1. The topological polar surface area (TPSA) is 80.6 Å². The Labute approximate surface area is 169 Å². The molecule has 2 N–H and O–H groups in total. The monoisotopic (exact) mass is 406 g/mol. The minimum absolute atomic E-state index is 0.101. The average molecular weight is 407 g/mol. The van der Waals surface area contributed by atoms with Crippen LogP contribution in [0.2, 0.25) is 5.02 Å². The molecule has 0 aliphatic heterocycles. The Morgan fingerprint density at radius 3 is 2.57 bits per heavy atom. The van der Waals surface area contributed by atoms with Crippen LogP contribution >= 0.6 is 11.6 Å². The molecule has 0 spiro atoms. The van der Waals surface area contributed by atoms with E-state index >= 15 is 0 Å². The number of carbonyl (C=O) groups excluding carboxylic acids is 2. The van der Waals surface area contributed by atoms with Gasteiger partial charge in [-0.3, -0.25) is 4.79 Å². The first-order valence-corrected chi connectivity index (χ1v) is 10.0. The first kappa shape index (κ1) is 20.5. The number of benzene rings is 1. The van der Waals surface area contributed by atoms with E-state index in [2.05, 4.69) is 10.6 Å². The highest BCUT2D eigenvalue weighted by atomic mass is 35.5. The van der Waals surface area contributed by atoms with Crippen molar-refractivity contribution in [3.8, 4) is 0 Å². The molecular weight excluding hydrogens is 380 g/mol. The Morgan fingerprint density at radius 1 is 1.18 bits per heavy atom. The van der Waals surface area contributed by atoms with Gasteiger partial charge in [-0.1, -0.05) is 11.6 Å². The van der Waals surface area contributed by atoms with Gasteiger partial charge in [-0.25, -0.2) is 4.79 Å². The van der Waals surface area contributed by atoms with Gasteiger partial charge < -0.3 is 19.8 Å². The van der Waals surface area contributed by atoms with Crippen LogP contribution in [0, 0.1) is 5.92 Å². The molecule has 6 nitrogen and oxygen atoms in total. The van der Waals surface area contributed by atoms with Gasteiger partial charge in [0.25, 0.3) is 5.91 Å².